The number of allylic oxidation sites excluding steroid dienone is 5. The van der Waals surface area contributed by atoms with Gasteiger partial charge >= 0.3 is 0 Å². The van der Waals surface area contributed by atoms with E-state index in [1.165, 1.54) is 5.57 Å². The summed E-state index contributed by atoms with van der Waals surface area (Å²) < 4.78 is 14.7. The fraction of sp³-hybridized carbons (Fsp3) is 0.571. The Bertz CT molecular complexity index is 376. The number of nitrogens with zero attached hydrogens (tertiary/aromatic N) is 1. The predicted octanol–water partition coefficient (Wildman–Crippen LogP) is 2.33. The summed E-state index contributed by atoms with van der Waals surface area (Å²) in [5.74, 6) is 0.641. The van der Waals surface area contributed by atoms with Crippen LogP contribution < -0.4 is 5.32 Å². The van der Waals surface area contributed by atoms with Crippen molar-refractivity contribution in [3.63, 3.8) is 0 Å². The van der Waals surface area contributed by atoms with E-state index in [4.69, 9.17) is 0 Å². The lowest BCUT2D eigenvalue weighted by Gasteiger charge is -2.29. The molecule has 2 atom stereocenters. The highest BCUT2D eigenvalue weighted by atomic mass is 32.2. The maximum absolute atomic E-state index is 12.6. The van der Waals surface area contributed by atoms with Crippen LogP contribution in [0.2, 0.25) is 0 Å². The zero-order valence-corrected chi connectivity index (χ0v) is 12.0. The van der Waals surface area contributed by atoms with E-state index in [0.717, 1.165) is 30.7 Å². The van der Waals surface area contributed by atoms with Gasteiger partial charge in [0.15, 0.2) is 4.91 Å². The molecule has 0 aromatic carbocycles. The van der Waals surface area contributed by atoms with Crippen LogP contribution in [-0.2, 0) is 11.4 Å². The minimum absolute atomic E-state index is 0.641. The van der Waals surface area contributed by atoms with E-state index in [0.29, 0.717) is 12.6 Å². The van der Waals surface area contributed by atoms with Gasteiger partial charge in [-0.05, 0) is 38.3 Å². The quantitative estimate of drug-likeness (QED) is 0.780. The minimum atomic E-state index is -1.04. The number of hydrogen-bond acceptors (Lipinski definition) is 3. The summed E-state index contributed by atoms with van der Waals surface area (Å²) in [6.45, 7) is 3.84. The van der Waals surface area contributed by atoms with Crippen molar-refractivity contribution in [3.05, 3.63) is 34.8 Å². The van der Waals surface area contributed by atoms with E-state index in [-0.39, 0.29) is 0 Å². The number of nitrogens with one attached hydrogen (secondary N) is 1. The molecule has 2 unspecified atom stereocenters. The Morgan fingerprint density at radius 3 is 3.00 bits per heavy atom. The first-order valence-electron chi connectivity index (χ1n) is 6.60. The maximum Gasteiger partial charge on any atom is 0.177 e. The summed E-state index contributed by atoms with van der Waals surface area (Å²) in [5, 5.41) is 3.11. The third-order valence-electron chi connectivity index (χ3n) is 3.37. The Hall–Kier alpha value is -0.550. The predicted molar refractivity (Wildman–Crippen MR) is 77.1 cm³/mol. The van der Waals surface area contributed by atoms with Crippen LogP contribution in [0.5, 0.6) is 0 Å². The highest BCUT2D eigenvalue weighted by Crippen LogP contribution is 2.30. The zero-order chi connectivity index (χ0) is 13.0. The van der Waals surface area contributed by atoms with E-state index in [2.05, 4.69) is 30.5 Å². The summed E-state index contributed by atoms with van der Waals surface area (Å²) in [4.78, 5) is 0.991. The summed E-state index contributed by atoms with van der Waals surface area (Å²) in [7, 11) is 1.90. The average molecular weight is 266 g/mol. The molecular formula is C14H22N2OS. The maximum atomic E-state index is 12.6. The van der Waals surface area contributed by atoms with Crippen LogP contribution in [0.3, 0.4) is 0 Å². The highest BCUT2D eigenvalue weighted by molar-refractivity contribution is 7.93. The van der Waals surface area contributed by atoms with Crippen molar-refractivity contribution >= 4 is 11.4 Å². The molecule has 0 saturated heterocycles. The first-order chi connectivity index (χ1) is 8.72. The Labute approximate surface area is 113 Å². The van der Waals surface area contributed by atoms with E-state index < -0.39 is 11.4 Å². The molecule has 0 bridgehead atoms. The van der Waals surface area contributed by atoms with Crippen molar-refractivity contribution < 1.29 is 4.55 Å². The van der Waals surface area contributed by atoms with Crippen molar-refractivity contribution in [2.24, 2.45) is 5.92 Å². The molecule has 4 heteroatoms. The van der Waals surface area contributed by atoms with Gasteiger partial charge in [0.2, 0.25) is 0 Å². The number of hydrogen-bond donors (Lipinski definition) is 1. The third kappa shape index (κ3) is 3.26. The highest BCUT2D eigenvalue weighted by Gasteiger charge is 2.29. The van der Waals surface area contributed by atoms with Gasteiger partial charge in [-0.15, -0.1) is 4.31 Å². The van der Waals surface area contributed by atoms with Crippen LogP contribution in [0.15, 0.2) is 34.8 Å². The molecule has 18 heavy (non-hydrogen) atoms. The standard InChI is InChI=1S/C14H22N2OS/c1-12-8-9-16(11-15-2)18(17)14-7-5-3-4-6-13(14)10-12/h4-7,12,15H,3,8-11H2,1-2H3. The lowest BCUT2D eigenvalue weighted by atomic mass is 9.97. The first-order valence-corrected chi connectivity index (χ1v) is 7.70. The van der Waals surface area contributed by atoms with E-state index in [1.54, 1.807) is 0 Å². The van der Waals surface area contributed by atoms with Crippen LogP contribution in [0, 0.1) is 5.92 Å². The Balaban J connectivity index is 2.31. The second kappa shape index (κ2) is 6.57. The fourth-order valence-corrected chi connectivity index (χ4v) is 3.75. The normalized spacial score (nSPS) is 29.7. The fourth-order valence-electron chi connectivity index (χ4n) is 2.37. The van der Waals surface area contributed by atoms with Crippen molar-refractivity contribution in [1.82, 2.24) is 9.62 Å². The van der Waals surface area contributed by atoms with Gasteiger partial charge in [-0.1, -0.05) is 25.2 Å². The second-order valence-electron chi connectivity index (χ2n) is 4.99. The van der Waals surface area contributed by atoms with Gasteiger partial charge in [0, 0.05) is 12.1 Å². The lowest BCUT2D eigenvalue weighted by Crippen LogP contribution is -2.40. The van der Waals surface area contributed by atoms with Crippen LogP contribution in [0.25, 0.3) is 0 Å². The van der Waals surface area contributed by atoms with Gasteiger partial charge in [0.25, 0.3) is 0 Å². The molecule has 3 nitrogen and oxygen atoms in total. The molecule has 0 amide bonds. The third-order valence-corrected chi connectivity index (χ3v) is 4.93. The van der Waals surface area contributed by atoms with Gasteiger partial charge in [-0.3, -0.25) is 0 Å². The van der Waals surface area contributed by atoms with Gasteiger partial charge in [-0.25, -0.2) is 0 Å². The molecule has 0 aromatic heterocycles. The Morgan fingerprint density at radius 1 is 1.44 bits per heavy atom. The second-order valence-corrected chi connectivity index (χ2v) is 6.45. The molecule has 2 rings (SSSR count). The number of rotatable bonds is 2. The molecule has 0 radical (unpaired) electrons. The molecule has 2 aliphatic rings. The summed E-state index contributed by atoms with van der Waals surface area (Å²) in [6, 6.07) is 0. The van der Waals surface area contributed by atoms with Crippen LogP contribution in [0.4, 0.5) is 0 Å². The van der Waals surface area contributed by atoms with Crippen molar-refractivity contribution in [3.8, 4) is 0 Å². The monoisotopic (exact) mass is 266 g/mol. The van der Waals surface area contributed by atoms with Gasteiger partial charge in [0.05, 0.1) is 18.0 Å². The topological polar surface area (TPSA) is 38.3 Å². The smallest absolute Gasteiger partial charge is 0.177 e. The molecule has 1 aliphatic carbocycles. The molecule has 0 aromatic rings. The molecule has 1 heterocycles. The van der Waals surface area contributed by atoms with E-state index >= 15 is 0 Å². The molecule has 0 spiro atoms. The molecule has 1 aliphatic heterocycles. The lowest BCUT2D eigenvalue weighted by molar-refractivity contribution is 0.357. The van der Waals surface area contributed by atoms with Gasteiger partial charge < -0.3 is 9.87 Å². The molecule has 0 saturated carbocycles. The first kappa shape index (κ1) is 13.9. The summed E-state index contributed by atoms with van der Waals surface area (Å²) in [6.07, 6.45) is 11.5. The molecular weight excluding hydrogens is 244 g/mol. The zero-order valence-electron chi connectivity index (χ0n) is 11.2. The Kier molecular flexibility index (Phi) is 5.06. The summed E-state index contributed by atoms with van der Waals surface area (Å²) in [5.41, 5.74) is 1.25. The van der Waals surface area contributed by atoms with Crippen LogP contribution in [0.1, 0.15) is 26.2 Å². The van der Waals surface area contributed by atoms with Gasteiger partial charge in [0.1, 0.15) is 0 Å². The molecule has 100 valence electrons. The molecule has 0 fully saturated rings. The van der Waals surface area contributed by atoms with Gasteiger partial charge in [-0.2, -0.15) is 0 Å². The van der Waals surface area contributed by atoms with E-state index in [1.807, 2.05) is 17.4 Å². The largest absolute Gasteiger partial charge is 0.593 e. The van der Waals surface area contributed by atoms with E-state index in [9.17, 15) is 4.55 Å². The van der Waals surface area contributed by atoms with Crippen molar-refractivity contribution in [2.45, 2.75) is 26.2 Å². The summed E-state index contributed by atoms with van der Waals surface area (Å²) >= 11 is -1.04. The molecule has 1 N–H and O–H groups in total. The van der Waals surface area contributed by atoms with Crippen molar-refractivity contribution in [1.29, 1.82) is 0 Å². The Morgan fingerprint density at radius 2 is 2.22 bits per heavy atom. The minimum Gasteiger partial charge on any atom is -0.593 e. The van der Waals surface area contributed by atoms with Crippen LogP contribution >= 0.6 is 0 Å². The van der Waals surface area contributed by atoms with Crippen LogP contribution in [-0.4, -0.2) is 29.1 Å². The van der Waals surface area contributed by atoms with Crippen molar-refractivity contribution in [2.75, 3.05) is 20.3 Å². The SMILES string of the molecule is CNCN1CCC(C)CC2=C(C=CCC=C2)[S+]1[O-]. The average Bonchev–Trinajstić information content (AvgIpc) is 2.57.